The molecule has 0 fully saturated rings. The maximum absolute atomic E-state index is 13.4. The number of benzene rings is 2. The van der Waals surface area contributed by atoms with Gasteiger partial charge in [0.1, 0.15) is 18.2 Å². The fourth-order valence-electron chi connectivity index (χ4n) is 2.36. The third-order valence-corrected chi connectivity index (χ3v) is 5.33. The van der Waals surface area contributed by atoms with Gasteiger partial charge in [-0.3, -0.25) is 4.31 Å². The van der Waals surface area contributed by atoms with E-state index in [2.05, 4.69) is 0 Å². The standard InChI is InChI=1S/C15H15FN2O3S/c1-10-8-12(3-4-13(10)16)22(19,20)18-6-7-21-15-5-2-11(17)9-14(15)18/h2-5,8-9H,6-7,17H2,1H3. The van der Waals surface area contributed by atoms with E-state index in [-0.39, 0.29) is 23.6 Å². The van der Waals surface area contributed by atoms with E-state index >= 15 is 0 Å². The predicted octanol–water partition coefficient (Wildman–Crippen LogP) is 2.30. The molecule has 1 aliphatic rings. The second-order valence-electron chi connectivity index (χ2n) is 5.06. The summed E-state index contributed by atoms with van der Waals surface area (Å²) >= 11 is 0. The van der Waals surface area contributed by atoms with Gasteiger partial charge in [0.05, 0.1) is 17.1 Å². The van der Waals surface area contributed by atoms with Crippen molar-refractivity contribution in [1.82, 2.24) is 0 Å². The van der Waals surface area contributed by atoms with Gasteiger partial charge in [0, 0.05) is 5.69 Å². The molecule has 2 N–H and O–H groups in total. The number of nitrogen functional groups attached to an aromatic ring is 1. The number of hydrogen-bond donors (Lipinski definition) is 1. The Bertz CT molecular complexity index is 837. The van der Waals surface area contributed by atoms with Gasteiger partial charge in [0.2, 0.25) is 0 Å². The number of hydrogen-bond acceptors (Lipinski definition) is 4. The molecule has 0 spiro atoms. The van der Waals surface area contributed by atoms with E-state index in [1.165, 1.54) is 23.4 Å². The number of rotatable bonds is 2. The molecule has 22 heavy (non-hydrogen) atoms. The van der Waals surface area contributed by atoms with E-state index in [4.69, 9.17) is 10.5 Å². The summed E-state index contributed by atoms with van der Waals surface area (Å²) < 4.78 is 45.7. The molecule has 0 aliphatic carbocycles. The fraction of sp³-hybridized carbons (Fsp3) is 0.200. The average molecular weight is 322 g/mol. The third-order valence-electron chi connectivity index (χ3n) is 3.52. The Hall–Kier alpha value is -2.28. The zero-order valence-corrected chi connectivity index (χ0v) is 12.7. The van der Waals surface area contributed by atoms with E-state index in [9.17, 15) is 12.8 Å². The first-order valence-corrected chi connectivity index (χ1v) is 8.15. The molecule has 1 heterocycles. The molecule has 2 aromatic rings. The predicted molar refractivity (Wildman–Crippen MR) is 82.0 cm³/mol. The van der Waals surface area contributed by atoms with Crippen molar-refractivity contribution < 1.29 is 17.5 Å². The van der Waals surface area contributed by atoms with Crippen molar-refractivity contribution >= 4 is 21.4 Å². The number of anilines is 2. The molecule has 0 saturated heterocycles. The summed E-state index contributed by atoms with van der Waals surface area (Å²) in [7, 11) is -3.80. The second-order valence-corrected chi connectivity index (χ2v) is 6.93. The van der Waals surface area contributed by atoms with Crippen LogP contribution in [0.4, 0.5) is 15.8 Å². The summed E-state index contributed by atoms with van der Waals surface area (Å²) in [6.07, 6.45) is 0. The maximum atomic E-state index is 13.4. The Morgan fingerprint density at radius 2 is 2.00 bits per heavy atom. The van der Waals surface area contributed by atoms with Crippen LogP contribution in [0.25, 0.3) is 0 Å². The van der Waals surface area contributed by atoms with Crippen LogP contribution in [0, 0.1) is 12.7 Å². The molecular formula is C15H15FN2O3S. The van der Waals surface area contributed by atoms with Gasteiger partial charge < -0.3 is 10.5 Å². The van der Waals surface area contributed by atoms with Crippen molar-refractivity contribution in [2.45, 2.75) is 11.8 Å². The zero-order valence-electron chi connectivity index (χ0n) is 11.9. The molecule has 3 rings (SSSR count). The number of sulfonamides is 1. The van der Waals surface area contributed by atoms with Gasteiger partial charge in [0.25, 0.3) is 10.0 Å². The summed E-state index contributed by atoms with van der Waals surface area (Å²) in [6.45, 7) is 1.95. The number of nitrogens with two attached hydrogens (primary N) is 1. The average Bonchev–Trinajstić information content (AvgIpc) is 2.49. The van der Waals surface area contributed by atoms with Gasteiger partial charge in [-0.15, -0.1) is 0 Å². The van der Waals surface area contributed by atoms with Crippen molar-refractivity contribution in [3.63, 3.8) is 0 Å². The van der Waals surface area contributed by atoms with Crippen LogP contribution in [-0.2, 0) is 10.0 Å². The van der Waals surface area contributed by atoms with Crippen LogP contribution in [-0.4, -0.2) is 21.6 Å². The number of aryl methyl sites for hydroxylation is 1. The lowest BCUT2D eigenvalue weighted by atomic mass is 10.2. The Labute approximate surface area is 128 Å². The Kier molecular flexibility index (Phi) is 3.44. The lowest BCUT2D eigenvalue weighted by Gasteiger charge is -2.30. The molecule has 0 aromatic heterocycles. The Morgan fingerprint density at radius 1 is 1.23 bits per heavy atom. The van der Waals surface area contributed by atoms with Gasteiger partial charge in [-0.2, -0.15) is 0 Å². The first-order valence-electron chi connectivity index (χ1n) is 6.71. The SMILES string of the molecule is Cc1cc(S(=O)(=O)N2CCOc3ccc(N)cc32)ccc1F. The third kappa shape index (κ3) is 2.37. The summed E-state index contributed by atoms with van der Waals surface area (Å²) in [5.41, 5.74) is 6.86. The van der Waals surface area contributed by atoms with E-state index in [0.717, 1.165) is 6.07 Å². The van der Waals surface area contributed by atoms with Crippen molar-refractivity contribution in [2.75, 3.05) is 23.2 Å². The minimum absolute atomic E-state index is 0.0432. The number of ether oxygens (including phenoxy) is 1. The van der Waals surface area contributed by atoms with Crippen molar-refractivity contribution in [2.24, 2.45) is 0 Å². The van der Waals surface area contributed by atoms with Gasteiger partial charge in [-0.05, 0) is 48.9 Å². The first-order chi connectivity index (χ1) is 10.4. The van der Waals surface area contributed by atoms with Crippen LogP contribution in [0.3, 0.4) is 0 Å². The van der Waals surface area contributed by atoms with Crippen LogP contribution in [0.1, 0.15) is 5.56 Å². The highest BCUT2D eigenvalue weighted by molar-refractivity contribution is 7.92. The maximum Gasteiger partial charge on any atom is 0.264 e. The quantitative estimate of drug-likeness (QED) is 0.861. The summed E-state index contributed by atoms with van der Waals surface area (Å²) in [4.78, 5) is 0.0432. The zero-order chi connectivity index (χ0) is 15.9. The van der Waals surface area contributed by atoms with Crippen LogP contribution in [0.5, 0.6) is 5.75 Å². The number of halogens is 1. The lowest BCUT2D eigenvalue weighted by molar-refractivity contribution is 0.316. The summed E-state index contributed by atoms with van der Waals surface area (Å²) in [5.74, 6) is 0.0217. The lowest BCUT2D eigenvalue weighted by Crippen LogP contribution is -2.38. The molecule has 0 unspecified atom stereocenters. The topological polar surface area (TPSA) is 72.6 Å². The highest BCUT2D eigenvalue weighted by Crippen LogP contribution is 2.36. The molecule has 0 bridgehead atoms. The van der Waals surface area contributed by atoms with Crippen LogP contribution < -0.4 is 14.8 Å². The minimum Gasteiger partial charge on any atom is -0.489 e. The van der Waals surface area contributed by atoms with Crippen molar-refractivity contribution in [3.05, 3.63) is 47.8 Å². The van der Waals surface area contributed by atoms with Gasteiger partial charge in [-0.25, -0.2) is 12.8 Å². The molecule has 7 heteroatoms. The second kappa shape index (κ2) is 5.17. The number of nitrogens with zero attached hydrogens (tertiary/aromatic N) is 1. The molecule has 2 aromatic carbocycles. The van der Waals surface area contributed by atoms with Crippen LogP contribution >= 0.6 is 0 Å². The highest BCUT2D eigenvalue weighted by Gasteiger charge is 2.30. The molecule has 0 radical (unpaired) electrons. The molecule has 5 nitrogen and oxygen atoms in total. The smallest absolute Gasteiger partial charge is 0.264 e. The fourth-order valence-corrected chi connectivity index (χ4v) is 3.90. The monoisotopic (exact) mass is 322 g/mol. The van der Waals surface area contributed by atoms with Crippen LogP contribution in [0.15, 0.2) is 41.3 Å². The Morgan fingerprint density at radius 3 is 2.73 bits per heavy atom. The van der Waals surface area contributed by atoms with Crippen LogP contribution in [0.2, 0.25) is 0 Å². The molecule has 1 aliphatic heterocycles. The largest absolute Gasteiger partial charge is 0.489 e. The molecule has 0 saturated carbocycles. The highest BCUT2D eigenvalue weighted by atomic mass is 32.2. The van der Waals surface area contributed by atoms with Crippen molar-refractivity contribution in [1.29, 1.82) is 0 Å². The van der Waals surface area contributed by atoms with Gasteiger partial charge in [-0.1, -0.05) is 0 Å². The number of fused-ring (bicyclic) bond motifs is 1. The van der Waals surface area contributed by atoms with Crippen molar-refractivity contribution in [3.8, 4) is 5.75 Å². The molecule has 0 atom stereocenters. The summed E-state index contributed by atoms with van der Waals surface area (Å²) in [6, 6.07) is 8.59. The van der Waals surface area contributed by atoms with Gasteiger partial charge in [0.15, 0.2) is 0 Å². The minimum atomic E-state index is -3.80. The van der Waals surface area contributed by atoms with E-state index in [1.54, 1.807) is 18.2 Å². The molecule has 0 amide bonds. The molecule has 116 valence electrons. The van der Waals surface area contributed by atoms with E-state index < -0.39 is 15.8 Å². The Balaban J connectivity index is 2.11. The van der Waals surface area contributed by atoms with E-state index in [0.29, 0.717) is 17.1 Å². The van der Waals surface area contributed by atoms with E-state index in [1.807, 2.05) is 0 Å². The normalized spacial score (nSPS) is 14.4. The van der Waals surface area contributed by atoms with Gasteiger partial charge >= 0.3 is 0 Å². The molecular weight excluding hydrogens is 307 g/mol. The summed E-state index contributed by atoms with van der Waals surface area (Å²) in [5, 5.41) is 0. The first kappa shape index (κ1) is 14.6.